The van der Waals surface area contributed by atoms with Crippen molar-refractivity contribution in [3.8, 4) is 0 Å². The molecule has 0 aliphatic rings. The number of ether oxygens (including phenoxy) is 1. The van der Waals surface area contributed by atoms with Crippen LogP contribution in [0.1, 0.15) is 27.7 Å². The molecule has 0 bridgehead atoms. The van der Waals surface area contributed by atoms with Crippen molar-refractivity contribution in [1.29, 1.82) is 0 Å². The van der Waals surface area contributed by atoms with Crippen molar-refractivity contribution in [2.24, 2.45) is 0 Å². The molecule has 4 nitrogen and oxygen atoms in total. The summed E-state index contributed by atoms with van der Waals surface area (Å²) < 4.78 is 5.16. The van der Waals surface area contributed by atoms with Gasteiger partial charge < -0.3 is 15.0 Å². The van der Waals surface area contributed by atoms with E-state index in [-0.39, 0.29) is 12.5 Å². The van der Waals surface area contributed by atoms with Gasteiger partial charge in [0.1, 0.15) is 5.60 Å². The van der Waals surface area contributed by atoms with Crippen LogP contribution in [0.25, 0.3) is 0 Å². The summed E-state index contributed by atoms with van der Waals surface area (Å²) in [7, 11) is 4.03. The number of esters is 1. The predicted molar refractivity (Wildman–Crippen MR) is 61.9 cm³/mol. The second-order valence-corrected chi connectivity index (χ2v) is 5.03. The Morgan fingerprint density at radius 1 is 1.40 bits per heavy atom. The Balaban J connectivity index is 3.65. The van der Waals surface area contributed by atoms with E-state index in [1.165, 1.54) is 0 Å². The molecular formula is C11H24N2O2. The van der Waals surface area contributed by atoms with E-state index in [2.05, 4.69) is 17.1 Å². The van der Waals surface area contributed by atoms with E-state index in [0.29, 0.717) is 6.04 Å². The molecule has 15 heavy (non-hydrogen) atoms. The second-order valence-electron chi connectivity index (χ2n) is 5.03. The van der Waals surface area contributed by atoms with Crippen LogP contribution in [0.5, 0.6) is 0 Å². The number of nitrogens with one attached hydrogen (secondary N) is 1. The largest absolute Gasteiger partial charge is 0.459 e. The highest BCUT2D eigenvalue weighted by Crippen LogP contribution is 2.06. The average Bonchev–Trinajstić information content (AvgIpc) is 2.00. The number of carbonyl (C=O) groups is 1. The molecule has 0 amide bonds. The summed E-state index contributed by atoms with van der Waals surface area (Å²) >= 11 is 0. The van der Waals surface area contributed by atoms with Gasteiger partial charge in [-0.15, -0.1) is 0 Å². The van der Waals surface area contributed by atoms with Crippen molar-refractivity contribution in [1.82, 2.24) is 10.2 Å². The molecule has 0 aromatic heterocycles. The third-order valence-electron chi connectivity index (χ3n) is 2.01. The highest BCUT2D eigenvalue weighted by atomic mass is 16.6. The molecule has 0 saturated carbocycles. The van der Waals surface area contributed by atoms with Gasteiger partial charge in [-0.2, -0.15) is 0 Å². The van der Waals surface area contributed by atoms with E-state index < -0.39 is 5.60 Å². The number of likely N-dealkylation sites (N-methyl/N-ethyl adjacent to an activating group) is 1. The van der Waals surface area contributed by atoms with Gasteiger partial charge >= 0.3 is 5.97 Å². The first-order chi connectivity index (χ1) is 6.72. The summed E-state index contributed by atoms with van der Waals surface area (Å²) in [5.41, 5.74) is -0.397. The van der Waals surface area contributed by atoms with E-state index >= 15 is 0 Å². The molecule has 0 aliphatic carbocycles. The SMILES string of the molecule is CC(CNCC(=O)OC(C)(C)C)N(C)C. The van der Waals surface area contributed by atoms with Gasteiger partial charge in [0.25, 0.3) is 0 Å². The molecule has 0 aromatic rings. The molecule has 0 aromatic carbocycles. The van der Waals surface area contributed by atoms with Gasteiger partial charge in [0.15, 0.2) is 0 Å². The number of nitrogens with zero attached hydrogens (tertiary/aromatic N) is 1. The fourth-order valence-electron chi connectivity index (χ4n) is 0.943. The number of hydrogen-bond donors (Lipinski definition) is 1. The lowest BCUT2D eigenvalue weighted by atomic mass is 10.2. The summed E-state index contributed by atoms with van der Waals surface area (Å²) in [4.78, 5) is 13.4. The third kappa shape index (κ3) is 8.39. The zero-order valence-electron chi connectivity index (χ0n) is 10.8. The fraction of sp³-hybridized carbons (Fsp3) is 0.909. The molecular weight excluding hydrogens is 192 g/mol. The van der Waals surface area contributed by atoms with Crippen LogP contribution < -0.4 is 5.32 Å². The highest BCUT2D eigenvalue weighted by Gasteiger charge is 2.15. The van der Waals surface area contributed by atoms with Gasteiger partial charge in [-0.25, -0.2) is 0 Å². The Morgan fingerprint density at radius 2 is 1.93 bits per heavy atom. The maximum absolute atomic E-state index is 11.3. The predicted octanol–water partition coefficient (Wildman–Crippen LogP) is 0.868. The minimum Gasteiger partial charge on any atom is -0.459 e. The summed E-state index contributed by atoms with van der Waals surface area (Å²) in [6.45, 7) is 8.76. The Morgan fingerprint density at radius 3 is 2.33 bits per heavy atom. The highest BCUT2D eigenvalue weighted by molar-refractivity contribution is 5.72. The molecule has 0 rings (SSSR count). The fourth-order valence-corrected chi connectivity index (χ4v) is 0.943. The molecule has 0 spiro atoms. The van der Waals surface area contributed by atoms with Crippen LogP contribution in [-0.2, 0) is 9.53 Å². The molecule has 4 heteroatoms. The van der Waals surface area contributed by atoms with Crippen molar-refractivity contribution in [2.45, 2.75) is 39.3 Å². The molecule has 1 atom stereocenters. The van der Waals surface area contributed by atoms with Crippen LogP contribution in [-0.4, -0.2) is 49.7 Å². The van der Waals surface area contributed by atoms with Crippen molar-refractivity contribution in [2.75, 3.05) is 27.2 Å². The van der Waals surface area contributed by atoms with Gasteiger partial charge in [-0.3, -0.25) is 4.79 Å². The zero-order valence-corrected chi connectivity index (χ0v) is 10.8. The van der Waals surface area contributed by atoms with Crippen LogP contribution in [0.3, 0.4) is 0 Å². The quantitative estimate of drug-likeness (QED) is 0.692. The summed E-state index contributed by atoms with van der Waals surface area (Å²) in [5.74, 6) is -0.201. The van der Waals surface area contributed by atoms with Gasteiger partial charge in [0.05, 0.1) is 6.54 Å². The van der Waals surface area contributed by atoms with Gasteiger partial charge in [-0.05, 0) is 41.8 Å². The molecule has 1 unspecified atom stereocenters. The first kappa shape index (κ1) is 14.4. The monoisotopic (exact) mass is 216 g/mol. The molecule has 0 heterocycles. The first-order valence-corrected chi connectivity index (χ1v) is 5.31. The Hall–Kier alpha value is -0.610. The Kier molecular flexibility index (Phi) is 5.83. The van der Waals surface area contributed by atoms with E-state index in [4.69, 9.17) is 4.74 Å². The minimum atomic E-state index is -0.397. The molecule has 90 valence electrons. The lowest BCUT2D eigenvalue weighted by Gasteiger charge is -2.22. The lowest BCUT2D eigenvalue weighted by Crippen LogP contribution is -2.39. The van der Waals surface area contributed by atoms with Gasteiger partial charge in [0, 0.05) is 12.6 Å². The van der Waals surface area contributed by atoms with Crippen LogP contribution in [0.4, 0.5) is 0 Å². The molecule has 0 saturated heterocycles. The van der Waals surface area contributed by atoms with Crippen LogP contribution in [0.2, 0.25) is 0 Å². The van der Waals surface area contributed by atoms with E-state index in [1.54, 1.807) is 0 Å². The zero-order chi connectivity index (χ0) is 12.1. The number of rotatable bonds is 5. The van der Waals surface area contributed by atoms with E-state index in [0.717, 1.165) is 6.54 Å². The van der Waals surface area contributed by atoms with E-state index in [9.17, 15) is 4.79 Å². The van der Waals surface area contributed by atoms with Crippen LogP contribution in [0, 0.1) is 0 Å². The summed E-state index contributed by atoms with van der Waals surface area (Å²) in [6.07, 6.45) is 0. The second kappa shape index (κ2) is 6.08. The van der Waals surface area contributed by atoms with Crippen molar-refractivity contribution in [3.05, 3.63) is 0 Å². The standard InChI is InChI=1S/C11H24N2O2/c1-9(13(5)6)7-12-8-10(14)15-11(2,3)4/h9,12H,7-8H2,1-6H3. The minimum absolute atomic E-state index is 0.201. The molecule has 1 N–H and O–H groups in total. The maximum Gasteiger partial charge on any atom is 0.320 e. The normalized spacial score (nSPS) is 14.1. The van der Waals surface area contributed by atoms with Crippen LogP contribution in [0.15, 0.2) is 0 Å². The van der Waals surface area contributed by atoms with E-state index in [1.807, 2.05) is 34.9 Å². The topological polar surface area (TPSA) is 41.6 Å². The van der Waals surface area contributed by atoms with Gasteiger partial charge in [0.2, 0.25) is 0 Å². The Labute approximate surface area is 93.0 Å². The smallest absolute Gasteiger partial charge is 0.320 e. The van der Waals surface area contributed by atoms with Gasteiger partial charge in [-0.1, -0.05) is 0 Å². The third-order valence-corrected chi connectivity index (χ3v) is 2.01. The maximum atomic E-state index is 11.3. The molecule has 0 aliphatic heterocycles. The van der Waals surface area contributed by atoms with Crippen molar-refractivity contribution in [3.63, 3.8) is 0 Å². The average molecular weight is 216 g/mol. The Bertz CT molecular complexity index is 197. The first-order valence-electron chi connectivity index (χ1n) is 5.31. The lowest BCUT2D eigenvalue weighted by molar-refractivity contribution is -0.153. The molecule has 0 radical (unpaired) electrons. The van der Waals surface area contributed by atoms with Crippen molar-refractivity contribution < 1.29 is 9.53 Å². The number of hydrogen-bond acceptors (Lipinski definition) is 4. The van der Waals surface area contributed by atoms with Crippen molar-refractivity contribution >= 4 is 5.97 Å². The summed E-state index contributed by atoms with van der Waals surface area (Å²) in [6, 6.07) is 0.410. The van der Waals surface area contributed by atoms with Crippen LogP contribution >= 0.6 is 0 Å². The molecule has 0 fully saturated rings. The summed E-state index contributed by atoms with van der Waals surface area (Å²) in [5, 5.41) is 3.07. The number of carbonyl (C=O) groups excluding carboxylic acids is 1.